The summed E-state index contributed by atoms with van der Waals surface area (Å²) in [6, 6.07) is 12.6. The van der Waals surface area contributed by atoms with E-state index in [0.29, 0.717) is 17.2 Å². The summed E-state index contributed by atoms with van der Waals surface area (Å²) in [6.45, 7) is 7.93. The topological polar surface area (TPSA) is 85.2 Å². The van der Waals surface area contributed by atoms with Crippen LogP contribution in [0.2, 0.25) is 0 Å². The van der Waals surface area contributed by atoms with Crippen molar-refractivity contribution in [3.8, 4) is 11.8 Å². The number of amides is 1. The van der Waals surface area contributed by atoms with Gasteiger partial charge in [0.15, 0.2) is 0 Å². The van der Waals surface area contributed by atoms with Gasteiger partial charge in [-0.1, -0.05) is 32.0 Å². The Morgan fingerprint density at radius 2 is 1.92 bits per heavy atom. The number of carbonyl (C=O) groups is 1. The van der Waals surface area contributed by atoms with Gasteiger partial charge in [-0.2, -0.15) is 5.26 Å². The van der Waals surface area contributed by atoms with Crippen molar-refractivity contribution in [3.05, 3.63) is 64.9 Å². The van der Waals surface area contributed by atoms with E-state index in [0.717, 1.165) is 16.8 Å². The molecular weight excluding hydrogens is 326 g/mol. The molecule has 26 heavy (non-hydrogen) atoms. The summed E-state index contributed by atoms with van der Waals surface area (Å²) < 4.78 is 0. The Labute approximate surface area is 154 Å². The third-order valence-electron chi connectivity index (χ3n) is 4.11. The summed E-state index contributed by atoms with van der Waals surface area (Å²) in [6.07, 6.45) is 1.43. The normalized spacial score (nSPS) is 11.2. The third-order valence-corrected chi connectivity index (χ3v) is 4.11. The molecule has 0 aliphatic carbocycles. The SMILES string of the molecule is Cc1cc(O)ccc1NC(=O)/C(C#N)=C\Nc1c(C)cccc1C(C)C. The lowest BCUT2D eigenvalue weighted by atomic mass is 9.98. The van der Waals surface area contributed by atoms with Crippen molar-refractivity contribution in [2.24, 2.45) is 0 Å². The van der Waals surface area contributed by atoms with E-state index in [9.17, 15) is 15.2 Å². The second-order valence-electron chi connectivity index (χ2n) is 6.46. The average molecular weight is 349 g/mol. The van der Waals surface area contributed by atoms with Crippen molar-refractivity contribution in [1.82, 2.24) is 0 Å². The van der Waals surface area contributed by atoms with E-state index in [1.54, 1.807) is 19.1 Å². The number of carbonyl (C=O) groups excluding carboxylic acids is 1. The number of hydrogen-bond acceptors (Lipinski definition) is 4. The molecule has 3 N–H and O–H groups in total. The molecule has 1 amide bonds. The van der Waals surface area contributed by atoms with Crippen LogP contribution >= 0.6 is 0 Å². The second-order valence-corrected chi connectivity index (χ2v) is 6.46. The van der Waals surface area contributed by atoms with Gasteiger partial charge in [-0.15, -0.1) is 0 Å². The minimum Gasteiger partial charge on any atom is -0.508 e. The number of aryl methyl sites for hydroxylation is 2. The molecule has 0 spiro atoms. The van der Waals surface area contributed by atoms with E-state index < -0.39 is 5.91 Å². The molecular formula is C21H23N3O2. The Hall–Kier alpha value is -3.26. The molecule has 0 unspecified atom stereocenters. The predicted octanol–water partition coefficient (Wildman–Crippen LogP) is 4.59. The summed E-state index contributed by atoms with van der Waals surface area (Å²) in [4.78, 5) is 12.4. The van der Waals surface area contributed by atoms with Crippen molar-refractivity contribution in [2.75, 3.05) is 10.6 Å². The number of anilines is 2. The number of benzene rings is 2. The van der Waals surface area contributed by atoms with Gasteiger partial charge in [-0.25, -0.2) is 0 Å². The second kappa shape index (κ2) is 8.21. The molecule has 0 bridgehead atoms. The highest BCUT2D eigenvalue weighted by Gasteiger charge is 2.13. The van der Waals surface area contributed by atoms with Crippen LogP contribution in [0.1, 0.15) is 36.5 Å². The van der Waals surface area contributed by atoms with Gasteiger partial charge in [0, 0.05) is 17.6 Å². The predicted molar refractivity (Wildman–Crippen MR) is 104 cm³/mol. The first-order chi connectivity index (χ1) is 12.3. The number of nitrogens with zero attached hydrogens (tertiary/aromatic N) is 1. The number of hydrogen-bond donors (Lipinski definition) is 3. The number of nitriles is 1. The van der Waals surface area contributed by atoms with Crippen LogP contribution in [0.3, 0.4) is 0 Å². The highest BCUT2D eigenvalue weighted by Crippen LogP contribution is 2.27. The van der Waals surface area contributed by atoms with Gasteiger partial charge in [0.2, 0.25) is 0 Å². The monoisotopic (exact) mass is 349 g/mol. The number of para-hydroxylation sites is 1. The number of phenols is 1. The van der Waals surface area contributed by atoms with Crippen LogP contribution < -0.4 is 10.6 Å². The minimum absolute atomic E-state index is 0.0320. The van der Waals surface area contributed by atoms with Crippen molar-refractivity contribution in [1.29, 1.82) is 5.26 Å². The molecule has 5 heteroatoms. The maximum atomic E-state index is 12.4. The molecule has 0 aliphatic rings. The molecule has 0 atom stereocenters. The summed E-state index contributed by atoms with van der Waals surface area (Å²) in [7, 11) is 0. The summed E-state index contributed by atoms with van der Waals surface area (Å²) in [5.41, 5.74) is 4.30. The first-order valence-electron chi connectivity index (χ1n) is 8.40. The molecule has 2 aromatic rings. The van der Waals surface area contributed by atoms with Crippen LogP contribution in [0.4, 0.5) is 11.4 Å². The van der Waals surface area contributed by atoms with Crippen LogP contribution in [0.5, 0.6) is 5.75 Å². The largest absolute Gasteiger partial charge is 0.508 e. The average Bonchev–Trinajstić information content (AvgIpc) is 2.58. The van der Waals surface area contributed by atoms with E-state index in [2.05, 4.69) is 24.5 Å². The van der Waals surface area contributed by atoms with Crippen molar-refractivity contribution < 1.29 is 9.90 Å². The molecule has 2 rings (SSSR count). The standard InChI is InChI=1S/C21H23N3O2/c1-13(2)18-7-5-6-14(3)20(18)23-12-16(11-22)21(26)24-19-9-8-17(25)10-15(19)4/h5-10,12-13,23,25H,1-4H3,(H,24,26)/b16-12-. The zero-order valence-corrected chi connectivity index (χ0v) is 15.4. The maximum absolute atomic E-state index is 12.4. The summed E-state index contributed by atoms with van der Waals surface area (Å²) in [5.74, 6) is -0.0720. The van der Waals surface area contributed by atoms with Gasteiger partial charge in [-0.3, -0.25) is 4.79 Å². The highest BCUT2D eigenvalue weighted by molar-refractivity contribution is 6.07. The Kier molecular flexibility index (Phi) is 6.03. The van der Waals surface area contributed by atoms with Crippen molar-refractivity contribution >= 4 is 17.3 Å². The van der Waals surface area contributed by atoms with Crippen LogP contribution in [0.15, 0.2) is 48.2 Å². The van der Waals surface area contributed by atoms with Crippen LogP contribution in [-0.4, -0.2) is 11.0 Å². The zero-order chi connectivity index (χ0) is 19.3. The lowest BCUT2D eigenvalue weighted by Gasteiger charge is -2.15. The van der Waals surface area contributed by atoms with Gasteiger partial charge in [-0.05, 0) is 54.7 Å². The Morgan fingerprint density at radius 3 is 2.54 bits per heavy atom. The number of rotatable bonds is 5. The minimum atomic E-state index is -0.506. The van der Waals surface area contributed by atoms with Crippen LogP contribution in [-0.2, 0) is 4.79 Å². The first kappa shape index (κ1) is 19.1. The fourth-order valence-corrected chi connectivity index (χ4v) is 2.64. The summed E-state index contributed by atoms with van der Waals surface area (Å²) in [5, 5.41) is 24.6. The van der Waals surface area contributed by atoms with Crippen LogP contribution in [0, 0.1) is 25.2 Å². The van der Waals surface area contributed by atoms with Crippen molar-refractivity contribution in [3.63, 3.8) is 0 Å². The van der Waals surface area contributed by atoms with E-state index in [1.807, 2.05) is 31.2 Å². The molecule has 2 aromatic carbocycles. The molecule has 134 valence electrons. The molecule has 0 aliphatic heterocycles. The summed E-state index contributed by atoms with van der Waals surface area (Å²) >= 11 is 0. The zero-order valence-electron chi connectivity index (χ0n) is 15.4. The molecule has 0 saturated carbocycles. The fourth-order valence-electron chi connectivity index (χ4n) is 2.64. The number of nitrogens with one attached hydrogen (secondary N) is 2. The van der Waals surface area contributed by atoms with Gasteiger partial charge >= 0.3 is 0 Å². The lowest BCUT2D eigenvalue weighted by Crippen LogP contribution is -2.15. The molecule has 0 radical (unpaired) electrons. The number of aromatic hydroxyl groups is 1. The van der Waals surface area contributed by atoms with Gasteiger partial charge in [0.05, 0.1) is 0 Å². The third kappa shape index (κ3) is 4.42. The van der Waals surface area contributed by atoms with Crippen LogP contribution in [0.25, 0.3) is 0 Å². The lowest BCUT2D eigenvalue weighted by molar-refractivity contribution is -0.112. The molecule has 0 fully saturated rings. The van der Waals surface area contributed by atoms with E-state index in [-0.39, 0.29) is 11.3 Å². The van der Waals surface area contributed by atoms with Gasteiger partial charge in [0.25, 0.3) is 5.91 Å². The Morgan fingerprint density at radius 1 is 1.19 bits per heavy atom. The van der Waals surface area contributed by atoms with E-state index in [1.165, 1.54) is 12.3 Å². The number of phenolic OH excluding ortho intramolecular Hbond substituents is 1. The van der Waals surface area contributed by atoms with Gasteiger partial charge in [0.1, 0.15) is 17.4 Å². The molecule has 0 aromatic heterocycles. The Bertz CT molecular complexity index is 893. The first-order valence-corrected chi connectivity index (χ1v) is 8.40. The smallest absolute Gasteiger partial charge is 0.267 e. The maximum Gasteiger partial charge on any atom is 0.267 e. The highest BCUT2D eigenvalue weighted by atomic mass is 16.3. The van der Waals surface area contributed by atoms with E-state index >= 15 is 0 Å². The molecule has 5 nitrogen and oxygen atoms in total. The quantitative estimate of drug-likeness (QED) is 0.419. The van der Waals surface area contributed by atoms with E-state index in [4.69, 9.17) is 0 Å². The molecule has 0 heterocycles. The van der Waals surface area contributed by atoms with Crippen molar-refractivity contribution in [2.45, 2.75) is 33.6 Å². The fraction of sp³-hybridized carbons (Fsp3) is 0.238. The van der Waals surface area contributed by atoms with Gasteiger partial charge < -0.3 is 15.7 Å². The molecule has 0 saturated heterocycles. The Balaban J connectivity index is 2.23.